The van der Waals surface area contributed by atoms with Crippen molar-refractivity contribution in [1.29, 1.82) is 0 Å². The van der Waals surface area contributed by atoms with Crippen molar-refractivity contribution in [3.63, 3.8) is 0 Å². The molecule has 0 unspecified atom stereocenters. The zero-order valence-electron chi connectivity index (χ0n) is 11.7. The molecule has 0 saturated carbocycles. The number of hydrogen-bond acceptors (Lipinski definition) is 2. The molecule has 4 rings (SSSR count). The Morgan fingerprint density at radius 1 is 0.864 bits per heavy atom. The van der Waals surface area contributed by atoms with Gasteiger partial charge in [-0.15, -0.1) is 0 Å². The summed E-state index contributed by atoms with van der Waals surface area (Å²) in [4.78, 5) is 12.8. The number of hydrogen-bond donors (Lipinski definition) is 1. The zero-order valence-corrected chi connectivity index (χ0v) is 11.7. The minimum Gasteiger partial charge on any atom is -0.507 e. The molecule has 1 N–H and O–H groups in total. The SMILES string of the molecule is O=c1c(-c2ccccc2)c(O)cc2c3ccccc3ccn12. The summed E-state index contributed by atoms with van der Waals surface area (Å²) >= 11 is 0. The first-order valence-corrected chi connectivity index (χ1v) is 7.07. The van der Waals surface area contributed by atoms with Gasteiger partial charge in [0.05, 0.1) is 11.1 Å². The van der Waals surface area contributed by atoms with E-state index in [-0.39, 0.29) is 11.3 Å². The zero-order chi connectivity index (χ0) is 15.1. The van der Waals surface area contributed by atoms with Crippen LogP contribution in [0.2, 0.25) is 0 Å². The lowest BCUT2D eigenvalue weighted by atomic mass is 10.0. The third-order valence-electron chi connectivity index (χ3n) is 3.92. The number of fused-ring (bicyclic) bond motifs is 3. The van der Waals surface area contributed by atoms with Crippen molar-refractivity contribution >= 4 is 16.3 Å². The highest BCUT2D eigenvalue weighted by molar-refractivity contribution is 5.96. The monoisotopic (exact) mass is 287 g/mol. The molecule has 3 nitrogen and oxygen atoms in total. The van der Waals surface area contributed by atoms with E-state index in [0.717, 1.165) is 10.8 Å². The van der Waals surface area contributed by atoms with E-state index < -0.39 is 0 Å². The number of aromatic nitrogens is 1. The molecule has 106 valence electrons. The van der Waals surface area contributed by atoms with Crippen LogP contribution in [-0.2, 0) is 0 Å². The first-order chi connectivity index (χ1) is 10.8. The molecule has 0 aliphatic rings. The molecule has 0 fully saturated rings. The normalized spacial score (nSPS) is 11.1. The van der Waals surface area contributed by atoms with E-state index in [1.165, 1.54) is 0 Å². The van der Waals surface area contributed by atoms with Crippen LogP contribution in [0.3, 0.4) is 0 Å². The third kappa shape index (κ3) is 1.79. The molecule has 0 aliphatic carbocycles. The van der Waals surface area contributed by atoms with Gasteiger partial charge in [-0.3, -0.25) is 9.20 Å². The molecule has 0 aliphatic heterocycles. The Hall–Kier alpha value is -3.07. The van der Waals surface area contributed by atoms with Crippen LogP contribution in [0.15, 0.2) is 77.7 Å². The summed E-state index contributed by atoms with van der Waals surface area (Å²) in [6.45, 7) is 0. The lowest BCUT2D eigenvalue weighted by molar-refractivity contribution is 0.476. The summed E-state index contributed by atoms with van der Waals surface area (Å²) in [7, 11) is 0. The maximum atomic E-state index is 12.8. The molecule has 22 heavy (non-hydrogen) atoms. The maximum absolute atomic E-state index is 12.8. The van der Waals surface area contributed by atoms with E-state index in [0.29, 0.717) is 16.6 Å². The summed E-state index contributed by atoms with van der Waals surface area (Å²) in [6.07, 6.45) is 1.76. The Bertz CT molecular complexity index is 1050. The van der Waals surface area contributed by atoms with Crippen LogP contribution in [0, 0.1) is 0 Å². The lowest BCUT2D eigenvalue weighted by Crippen LogP contribution is -2.15. The third-order valence-corrected chi connectivity index (χ3v) is 3.92. The first kappa shape index (κ1) is 12.7. The van der Waals surface area contributed by atoms with Gasteiger partial charge in [-0.1, -0.05) is 54.6 Å². The molecule has 0 radical (unpaired) electrons. The van der Waals surface area contributed by atoms with Crippen molar-refractivity contribution in [3.8, 4) is 16.9 Å². The van der Waals surface area contributed by atoms with Crippen LogP contribution >= 0.6 is 0 Å². The Morgan fingerprint density at radius 2 is 1.59 bits per heavy atom. The Kier molecular flexibility index (Phi) is 2.73. The Labute approximate surface area is 126 Å². The second-order valence-corrected chi connectivity index (χ2v) is 5.23. The first-order valence-electron chi connectivity index (χ1n) is 7.07. The quantitative estimate of drug-likeness (QED) is 0.541. The van der Waals surface area contributed by atoms with Gasteiger partial charge < -0.3 is 5.11 Å². The number of benzene rings is 2. The second-order valence-electron chi connectivity index (χ2n) is 5.23. The van der Waals surface area contributed by atoms with Crippen LogP contribution in [0.25, 0.3) is 27.4 Å². The van der Waals surface area contributed by atoms with Gasteiger partial charge in [0.1, 0.15) is 5.75 Å². The predicted molar refractivity (Wildman–Crippen MR) is 88.3 cm³/mol. The molecule has 4 aromatic rings. The average Bonchev–Trinajstić information content (AvgIpc) is 2.56. The molecule has 2 heterocycles. The van der Waals surface area contributed by atoms with Crippen molar-refractivity contribution in [2.24, 2.45) is 0 Å². The molecule has 0 atom stereocenters. The summed E-state index contributed by atoms with van der Waals surface area (Å²) in [6, 6.07) is 20.6. The average molecular weight is 287 g/mol. The van der Waals surface area contributed by atoms with E-state index >= 15 is 0 Å². The smallest absolute Gasteiger partial charge is 0.266 e. The molecule has 2 aromatic carbocycles. The molecule has 0 amide bonds. The molecule has 3 heteroatoms. The van der Waals surface area contributed by atoms with Gasteiger partial charge in [0.2, 0.25) is 0 Å². The Morgan fingerprint density at radius 3 is 2.41 bits per heavy atom. The van der Waals surface area contributed by atoms with Crippen molar-refractivity contribution in [2.75, 3.05) is 0 Å². The van der Waals surface area contributed by atoms with Gasteiger partial charge in [0, 0.05) is 17.6 Å². The molecule has 2 aromatic heterocycles. The summed E-state index contributed by atoms with van der Waals surface area (Å²) in [5, 5.41) is 12.4. The van der Waals surface area contributed by atoms with Gasteiger partial charge in [-0.05, 0) is 17.0 Å². The van der Waals surface area contributed by atoms with Gasteiger partial charge in [0.25, 0.3) is 5.56 Å². The summed E-state index contributed by atoms with van der Waals surface area (Å²) in [5.41, 5.74) is 1.54. The summed E-state index contributed by atoms with van der Waals surface area (Å²) < 4.78 is 1.59. The number of rotatable bonds is 1. The van der Waals surface area contributed by atoms with E-state index in [2.05, 4.69) is 0 Å². The number of pyridine rings is 2. The Balaban J connectivity index is 2.15. The molecular formula is C19H13NO2. The van der Waals surface area contributed by atoms with Crippen LogP contribution in [-0.4, -0.2) is 9.51 Å². The van der Waals surface area contributed by atoms with E-state index in [4.69, 9.17) is 0 Å². The predicted octanol–water partition coefficient (Wildman–Crippen LogP) is 3.83. The highest BCUT2D eigenvalue weighted by atomic mass is 16.3. The van der Waals surface area contributed by atoms with Crippen molar-refractivity contribution in [3.05, 3.63) is 83.3 Å². The van der Waals surface area contributed by atoms with Gasteiger partial charge >= 0.3 is 0 Å². The minimum absolute atomic E-state index is 0.00699. The topological polar surface area (TPSA) is 41.7 Å². The van der Waals surface area contributed by atoms with Crippen LogP contribution < -0.4 is 5.56 Å². The molecule has 0 saturated heterocycles. The second kappa shape index (κ2) is 4.74. The standard InChI is InChI=1S/C19H13NO2/c21-17-12-16-15-9-5-4-6-13(15)10-11-20(16)19(22)18(17)14-7-2-1-3-8-14/h1-12,21H. The number of nitrogens with zero attached hydrogens (tertiary/aromatic N) is 1. The highest BCUT2D eigenvalue weighted by Gasteiger charge is 2.13. The molecular weight excluding hydrogens is 274 g/mol. The fraction of sp³-hybridized carbons (Fsp3) is 0. The van der Waals surface area contributed by atoms with Crippen molar-refractivity contribution in [1.82, 2.24) is 4.40 Å². The maximum Gasteiger partial charge on any atom is 0.266 e. The van der Waals surface area contributed by atoms with E-state index in [9.17, 15) is 9.90 Å². The minimum atomic E-state index is -0.216. The van der Waals surface area contributed by atoms with E-state index in [1.807, 2.05) is 60.7 Å². The molecule has 0 spiro atoms. The van der Waals surface area contributed by atoms with Crippen molar-refractivity contribution < 1.29 is 5.11 Å². The van der Waals surface area contributed by atoms with Crippen molar-refractivity contribution in [2.45, 2.75) is 0 Å². The van der Waals surface area contributed by atoms with E-state index in [1.54, 1.807) is 16.7 Å². The van der Waals surface area contributed by atoms with Gasteiger partial charge in [0.15, 0.2) is 0 Å². The highest BCUT2D eigenvalue weighted by Crippen LogP contribution is 2.29. The largest absolute Gasteiger partial charge is 0.507 e. The van der Waals surface area contributed by atoms with Gasteiger partial charge in [-0.2, -0.15) is 0 Å². The fourth-order valence-electron chi connectivity index (χ4n) is 2.87. The molecule has 0 bridgehead atoms. The van der Waals surface area contributed by atoms with Crippen LogP contribution in [0.5, 0.6) is 5.75 Å². The van der Waals surface area contributed by atoms with Crippen LogP contribution in [0.1, 0.15) is 0 Å². The number of aromatic hydroxyl groups is 1. The van der Waals surface area contributed by atoms with Crippen LogP contribution in [0.4, 0.5) is 0 Å². The van der Waals surface area contributed by atoms with Gasteiger partial charge in [-0.25, -0.2) is 0 Å². The fourth-order valence-corrected chi connectivity index (χ4v) is 2.87. The lowest BCUT2D eigenvalue weighted by Gasteiger charge is -2.10. The summed E-state index contributed by atoms with van der Waals surface area (Å²) in [5.74, 6) is 0.00699.